The molecule has 4 rings (SSSR count). The third kappa shape index (κ3) is 3.81. The molecule has 132 valence electrons. The SMILES string of the molecule is O=C(Cc1csc(-c2ccc(Cl)cc2)n1)Nc1ccc2c(c1)OCCO2. The largest absolute Gasteiger partial charge is 0.486 e. The average molecular weight is 387 g/mol. The maximum atomic E-state index is 12.3. The van der Waals surface area contributed by atoms with E-state index in [0.717, 1.165) is 16.3 Å². The number of carbonyl (C=O) groups excluding carboxylic acids is 1. The highest BCUT2D eigenvalue weighted by molar-refractivity contribution is 7.13. The fourth-order valence-electron chi connectivity index (χ4n) is 2.60. The van der Waals surface area contributed by atoms with Gasteiger partial charge in [0.2, 0.25) is 5.91 Å². The van der Waals surface area contributed by atoms with E-state index in [1.807, 2.05) is 29.6 Å². The van der Waals surface area contributed by atoms with E-state index in [1.54, 1.807) is 18.2 Å². The summed E-state index contributed by atoms with van der Waals surface area (Å²) < 4.78 is 11.0. The number of nitrogens with one attached hydrogen (secondary N) is 1. The Morgan fingerprint density at radius 1 is 1.12 bits per heavy atom. The molecule has 0 bridgehead atoms. The third-order valence-corrected chi connectivity index (χ3v) is 5.00. The lowest BCUT2D eigenvalue weighted by molar-refractivity contribution is -0.115. The first-order valence-corrected chi connectivity index (χ1v) is 9.33. The van der Waals surface area contributed by atoms with Crippen LogP contribution in [0.2, 0.25) is 5.02 Å². The molecule has 1 amide bonds. The lowest BCUT2D eigenvalue weighted by atomic mass is 10.2. The number of fused-ring (bicyclic) bond motifs is 1. The van der Waals surface area contributed by atoms with Crippen LogP contribution in [0.3, 0.4) is 0 Å². The van der Waals surface area contributed by atoms with E-state index in [9.17, 15) is 4.79 Å². The fourth-order valence-corrected chi connectivity index (χ4v) is 3.56. The average Bonchev–Trinajstić information content (AvgIpc) is 3.10. The van der Waals surface area contributed by atoms with Crippen LogP contribution in [0.4, 0.5) is 5.69 Å². The Bertz CT molecular complexity index is 940. The minimum atomic E-state index is -0.130. The summed E-state index contributed by atoms with van der Waals surface area (Å²) >= 11 is 7.41. The van der Waals surface area contributed by atoms with Gasteiger partial charge in [0.15, 0.2) is 11.5 Å². The minimum Gasteiger partial charge on any atom is -0.486 e. The standard InChI is InChI=1S/C19H15ClN2O3S/c20-13-3-1-12(2-4-13)19-22-15(11-26-19)10-18(23)21-14-5-6-16-17(9-14)25-8-7-24-16/h1-6,9,11H,7-8,10H2,(H,21,23). The minimum absolute atomic E-state index is 0.130. The van der Waals surface area contributed by atoms with Gasteiger partial charge in [-0.05, 0) is 24.3 Å². The number of hydrogen-bond acceptors (Lipinski definition) is 5. The zero-order chi connectivity index (χ0) is 17.9. The smallest absolute Gasteiger partial charge is 0.230 e. The highest BCUT2D eigenvalue weighted by Crippen LogP contribution is 2.32. The van der Waals surface area contributed by atoms with Crippen molar-refractivity contribution in [2.75, 3.05) is 18.5 Å². The normalized spacial score (nSPS) is 12.7. The molecule has 0 fully saturated rings. The number of thiazole rings is 1. The van der Waals surface area contributed by atoms with Gasteiger partial charge in [-0.3, -0.25) is 4.79 Å². The fraction of sp³-hybridized carbons (Fsp3) is 0.158. The first-order valence-electron chi connectivity index (χ1n) is 8.07. The molecule has 0 saturated heterocycles. The highest BCUT2D eigenvalue weighted by atomic mass is 35.5. The lowest BCUT2D eigenvalue weighted by Crippen LogP contribution is -2.17. The van der Waals surface area contributed by atoms with Gasteiger partial charge in [-0.2, -0.15) is 0 Å². The molecule has 3 aromatic rings. The second-order valence-corrected chi connectivity index (χ2v) is 7.03. The van der Waals surface area contributed by atoms with Crippen LogP contribution >= 0.6 is 22.9 Å². The molecule has 0 aliphatic carbocycles. The van der Waals surface area contributed by atoms with Gasteiger partial charge in [0.05, 0.1) is 12.1 Å². The van der Waals surface area contributed by atoms with Crippen LogP contribution < -0.4 is 14.8 Å². The number of nitrogens with zero attached hydrogens (tertiary/aromatic N) is 1. The van der Waals surface area contributed by atoms with Gasteiger partial charge in [0.1, 0.15) is 18.2 Å². The van der Waals surface area contributed by atoms with Crippen LogP contribution in [-0.4, -0.2) is 24.1 Å². The van der Waals surface area contributed by atoms with Gasteiger partial charge < -0.3 is 14.8 Å². The molecule has 0 unspecified atom stereocenters. The van der Waals surface area contributed by atoms with E-state index < -0.39 is 0 Å². The molecule has 2 aromatic carbocycles. The van der Waals surface area contributed by atoms with E-state index in [2.05, 4.69) is 10.3 Å². The molecule has 2 heterocycles. The summed E-state index contributed by atoms with van der Waals surface area (Å²) in [5, 5.41) is 6.32. The molecule has 1 N–H and O–H groups in total. The highest BCUT2D eigenvalue weighted by Gasteiger charge is 2.14. The van der Waals surface area contributed by atoms with Gasteiger partial charge >= 0.3 is 0 Å². The predicted octanol–water partition coefficient (Wildman–Crippen LogP) is 4.42. The van der Waals surface area contributed by atoms with E-state index in [-0.39, 0.29) is 12.3 Å². The first-order chi connectivity index (χ1) is 12.7. The van der Waals surface area contributed by atoms with Crippen molar-refractivity contribution in [1.29, 1.82) is 0 Å². The molecule has 0 saturated carbocycles. The Hall–Kier alpha value is -2.57. The Kier molecular flexibility index (Phi) is 4.77. The summed E-state index contributed by atoms with van der Waals surface area (Å²) in [7, 11) is 0. The molecule has 1 aliphatic rings. The maximum Gasteiger partial charge on any atom is 0.230 e. The van der Waals surface area contributed by atoms with Crippen molar-refractivity contribution in [2.45, 2.75) is 6.42 Å². The Morgan fingerprint density at radius 3 is 2.69 bits per heavy atom. The number of benzene rings is 2. The van der Waals surface area contributed by atoms with Crippen molar-refractivity contribution < 1.29 is 14.3 Å². The van der Waals surface area contributed by atoms with Gasteiger partial charge in [-0.25, -0.2) is 4.98 Å². The second kappa shape index (κ2) is 7.35. The summed E-state index contributed by atoms with van der Waals surface area (Å²) in [5.41, 5.74) is 2.39. The van der Waals surface area contributed by atoms with Crippen LogP contribution in [0.1, 0.15) is 5.69 Å². The summed E-state index contributed by atoms with van der Waals surface area (Å²) in [6.07, 6.45) is 0.207. The molecule has 0 spiro atoms. The number of rotatable bonds is 4. The third-order valence-electron chi connectivity index (χ3n) is 3.81. The van der Waals surface area contributed by atoms with E-state index in [4.69, 9.17) is 21.1 Å². The molecule has 1 aromatic heterocycles. The second-order valence-electron chi connectivity index (χ2n) is 5.73. The molecule has 0 atom stereocenters. The molecule has 0 radical (unpaired) electrons. The number of anilines is 1. The van der Waals surface area contributed by atoms with E-state index in [1.165, 1.54) is 11.3 Å². The van der Waals surface area contributed by atoms with Crippen molar-refractivity contribution in [3.63, 3.8) is 0 Å². The number of hydrogen-bond donors (Lipinski definition) is 1. The quantitative estimate of drug-likeness (QED) is 0.721. The number of amides is 1. The van der Waals surface area contributed by atoms with E-state index >= 15 is 0 Å². The van der Waals surface area contributed by atoms with Crippen LogP contribution in [0.15, 0.2) is 47.8 Å². The summed E-state index contributed by atoms with van der Waals surface area (Å²) in [6, 6.07) is 12.9. The van der Waals surface area contributed by atoms with Crippen molar-refractivity contribution in [3.05, 3.63) is 58.6 Å². The van der Waals surface area contributed by atoms with Gasteiger partial charge in [0.25, 0.3) is 0 Å². The van der Waals surface area contributed by atoms with E-state index in [0.29, 0.717) is 35.4 Å². The van der Waals surface area contributed by atoms with Crippen molar-refractivity contribution in [1.82, 2.24) is 4.98 Å². The number of carbonyl (C=O) groups is 1. The first kappa shape index (κ1) is 16.9. The maximum absolute atomic E-state index is 12.3. The molecule has 1 aliphatic heterocycles. The van der Waals surface area contributed by atoms with Gasteiger partial charge in [-0.15, -0.1) is 11.3 Å². The van der Waals surface area contributed by atoms with Crippen molar-refractivity contribution in [2.24, 2.45) is 0 Å². The van der Waals surface area contributed by atoms with Crippen molar-refractivity contribution >= 4 is 34.5 Å². The summed E-state index contributed by atoms with van der Waals surface area (Å²) in [4.78, 5) is 16.8. The zero-order valence-electron chi connectivity index (χ0n) is 13.7. The van der Waals surface area contributed by atoms with Crippen LogP contribution in [-0.2, 0) is 11.2 Å². The Balaban J connectivity index is 1.41. The summed E-state index contributed by atoms with van der Waals surface area (Å²) in [6.45, 7) is 1.05. The topological polar surface area (TPSA) is 60.5 Å². The zero-order valence-corrected chi connectivity index (χ0v) is 15.3. The molecule has 26 heavy (non-hydrogen) atoms. The molecular formula is C19H15ClN2O3S. The van der Waals surface area contributed by atoms with Crippen LogP contribution in [0, 0.1) is 0 Å². The van der Waals surface area contributed by atoms with Crippen LogP contribution in [0.25, 0.3) is 10.6 Å². The Labute approximate surface area is 159 Å². The van der Waals surface area contributed by atoms with Crippen molar-refractivity contribution in [3.8, 4) is 22.1 Å². The number of aromatic nitrogens is 1. The molecule has 7 heteroatoms. The van der Waals surface area contributed by atoms with Gasteiger partial charge in [-0.1, -0.05) is 23.7 Å². The number of halogens is 1. The van der Waals surface area contributed by atoms with Gasteiger partial charge in [0, 0.05) is 27.7 Å². The van der Waals surface area contributed by atoms with Crippen LogP contribution in [0.5, 0.6) is 11.5 Å². The molecular weight excluding hydrogens is 372 g/mol. The monoisotopic (exact) mass is 386 g/mol. The summed E-state index contributed by atoms with van der Waals surface area (Å²) in [5.74, 6) is 1.21. The lowest BCUT2D eigenvalue weighted by Gasteiger charge is -2.18. The molecule has 5 nitrogen and oxygen atoms in total. The number of ether oxygens (including phenoxy) is 2. The Morgan fingerprint density at radius 2 is 1.88 bits per heavy atom. The predicted molar refractivity (Wildman–Crippen MR) is 102 cm³/mol.